The molecule has 0 aliphatic heterocycles. The molecule has 0 saturated heterocycles. The zero-order valence-electron chi connectivity index (χ0n) is 14.7. The standard InChI is InChI=1S/C17H21N3O5S/c1-24-15-9-4-12(10-16(15)25-2)11-18-17(21)19-13-5-7-14(8-6-13)20-26(3,22)23/h4-10,20H,11H2,1-3H3,(H2,18,19,21). The number of benzene rings is 2. The molecule has 0 atom stereocenters. The molecule has 0 heterocycles. The number of carbonyl (C=O) groups is 1. The summed E-state index contributed by atoms with van der Waals surface area (Å²) in [5, 5.41) is 5.40. The molecule has 8 nitrogen and oxygen atoms in total. The van der Waals surface area contributed by atoms with Crippen LogP contribution >= 0.6 is 0 Å². The number of rotatable bonds is 7. The molecule has 140 valence electrons. The topological polar surface area (TPSA) is 106 Å². The number of sulfonamides is 1. The fourth-order valence-electron chi connectivity index (χ4n) is 2.18. The van der Waals surface area contributed by atoms with Crippen molar-refractivity contribution >= 4 is 27.4 Å². The number of amides is 2. The summed E-state index contributed by atoms with van der Waals surface area (Å²) in [6.45, 7) is 0.305. The van der Waals surface area contributed by atoms with Crippen LogP contribution in [0.1, 0.15) is 5.56 Å². The van der Waals surface area contributed by atoms with Crippen LogP contribution in [0.5, 0.6) is 11.5 Å². The molecule has 0 aliphatic rings. The number of methoxy groups -OCH3 is 2. The van der Waals surface area contributed by atoms with E-state index >= 15 is 0 Å². The molecule has 0 fully saturated rings. The van der Waals surface area contributed by atoms with Gasteiger partial charge in [0.1, 0.15) is 0 Å². The third-order valence-corrected chi connectivity index (χ3v) is 3.95. The molecule has 3 N–H and O–H groups in total. The van der Waals surface area contributed by atoms with E-state index in [1.165, 1.54) is 0 Å². The van der Waals surface area contributed by atoms with Crippen LogP contribution in [0.25, 0.3) is 0 Å². The highest BCUT2D eigenvalue weighted by Crippen LogP contribution is 2.27. The fourth-order valence-corrected chi connectivity index (χ4v) is 2.75. The zero-order valence-corrected chi connectivity index (χ0v) is 15.5. The lowest BCUT2D eigenvalue weighted by Crippen LogP contribution is -2.28. The Kier molecular flexibility index (Phi) is 6.29. The van der Waals surface area contributed by atoms with Gasteiger partial charge in [0.25, 0.3) is 0 Å². The van der Waals surface area contributed by atoms with Gasteiger partial charge in [0.15, 0.2) is 11.5 Å². The number of hydrogen-bond acceptors (Lipinski definition) is 5. The molecule has 26 heavy (non-hydrogen) atoms. The highest BCUT2D eigenvalue weighted by atomic mass is 32.2. The molecule has 0 unspecified atom stereocenters. The Hall–Kier alpha value is -2.94. The summed E-state index contributed by atoms with van der Waals surface area (Å²) in [6.07, 6.45) is 1.07. The normalized spacial score (nSPS) is 10.7. The van der Waals surface area contributed by atoms with Crippen molar-refractivity contribution in [1.29, 1.82) is 0 Å². The summed E-state index contributed by atoms with van der Waals surface area (Å²) in [5.74, 6) is 1.20. The van der Waals surface area contributed by atoms with Crippen LogP contribution in [0.3, 0.4) is 0 Å². The minimum Gasteiger partial charge on any atom is -0.493 e. The second-order valence-corrected chi connectivity index (χ2v) is 7.20. The van der Waals surface area contributed by atoms with Crippen LogP contribution in [-0.2, 0) is 16.6 Å². The van der Waals surface area contributed by atoms with Crippen LogP contribution in [0.15, 0.2) is 42.5 Å². The van der Waals surface area contributed by atoms with E-state index in [0.29, 0.717) is 29.4 Å². The predicted octanol–water partition coefficient (Wildman–Crippen LogP) is 2.40. The Labute approximate surface area is 152 Å². The lowest BCUT2D eigenvalue weighted by atomic mass is 10.2. The molecule has 0 bridgehead atoms. The van der Waals surface area contributed by atoms with Gasteiger partial charge in [-0.05, 0) is 42.0 Å². The van der Waals surface area contributed by atoms with E-state index in [-0.39, 0.29) is 6.03 Å². The molecular weight excluding hydrogens is 358 g/mol. The first-order chi connectivity index (χ1) is 12.3. The van der Waals surface area contributed by atoms with Gasteiger partial charge < -0.3 is 20.1 Å². The van der Waals surface area contributed by atoms with E-state index < -0.39 is 10.0 Å². The van der Waals surface area contributed by atoms with Crippen molar-refractivity contribution in [2.75, 3.05) is 30.5 Å². The SMILES string of the molecule is COc1ccc(CNC(=O)Nc2ccc(NS(C)(=O)=O)cc2)cc1OC. The van der Waals surface area contributed by atoms with Gasteiger partial charge in [-0.2, -0.15) is 0 Å². The molecule has 2 aromatic rings. The molecule has 9 heteroatoms. The average Bonchev–Trinajstić information content (AvgIpc) is 2.60. The maximum atomic E-state index is 12.0. The smallest absolute Gasteiger partial charge is 0.319 e. The molecule has 0 aromatic heterocycles. The van der Waals surface area contributed by atoms with Gasteiger partial charge in [0.2, 0.25) is 10.0 Å². The molecule has 2 rings (SSSR count). The molecule has 2 amide bonds. The molecular formula is C17H21N3O5S. The van der Waals surface area contributed by atoms with Crippen molar-refractivity contribution < 1.29 is 22.7 Å². The van der Waals surface area contributed by atoms with Crippen molar-refractivity contribution in [3.63, 3.8) is 0 Å². The van der Waals surface area contributed by atoms with Crippen molar-refractivity contribution in [1.82, 2.24) is 5.32 Å². The third-order valence-electron chi connectivity index (χ3n) is 3.35. The summed E-state index contributed by atoms with van der Waals surface area (Å²) in [4.78, 5) is 12.0. The number of urea groups is 1. The van der Waals surface area contributed by atoms with Gasteiger partial charge in [0, 0.05) is 17.9 Å². The highest BCUT2D eigenvalue weighted by Gasteiger charge is 2.07. The van der Waals surface area contributed by atoms with Gasteiger partial charge in [-0.3, -0.25) is 4.72 Å². The van der Waals surface area contributed by atoms with Crippen LogP contribution in [0.4, 0.5) is 16.2 Å². The van der Waals surface area contributed by atoms with E-state index in [9.17, 15) is 13.2 Å². The van der Waals surface area contributed by atoms with E-state index in [4.69, 9.17) is 9.47 Å². The first kappa shape index (κ1) is 19.4. The lowest BCUT2D eigenvalue weighted by molar-refractivity contribution is 0.251. The van der Waals surface area contributed by atoms with Gasteiger partial charge in [0.05, 0.1) is 20.5 Å². The maximum Gasteiger partial charge on any atom is 0.319 e. The first-order valence-electron chi connectivity index (χ1n) is 7.64. The minimum absolute atomic E-state index is 0.305. The summed E-state index contributed by atoms with van der Waals surface area (Å²) in [6, 6.07) is 11.3. The minimum atomic E-state index is -3.33. The van der Waals surface area contributed by atoms with Crippen LogP contribution in [-0.4, -0.2) is 34.9 Å². The monoisotopic (exact) mass is 379 g/mol. The van der Waals surface area contributed by atoms with Gasteiger partial charge >= 0.3 is 6.03 Å². The van der Waals surface area contributed by atoms with Crippen LogP contribution in [0, 0.1) is 0 Å². The molecule has 0 radical (unpaired) electrons. The summed E-state index contributed by atoms with van der Waals surface area (Å²) in [7, 11) is -0.231. The summed E-state index contributed by atoms with van der Waals surface area (Å²) >= 11 is 0. The largest absolute Gasteiger partial charge is 0.493 e. The van der Waals surface area contributed by atoms with E-state index in [1.807, 2.05) is 6.07 Å². The predicted molar refractivity (Wildman–Crippen MR) is 100 cm³/mol. The van der Waals surface area contributed by atoms with Crippen LogP contribution in [0.2, 0.25) is 0 Å². The number of nitrogens with one attached hydrogen (secondary N) is 3. The van der Waals surface area contributed by atoms with Crippen molar-refractivity contribution in [3.8, 4) is 11.5 Å². The third kappa shape index (κ3) is 5.85. The number of carbonyl (C=O) groups excluding carboxylic acids is 1. The van der Waals surface area contributed by atoms with E-state index in [0.717, 1.165) is 11.8 Å². The van der Waals surface area contributed by atoms with Crippen LogP contribution < -0.4 is 24.8 Å². The molecule has 0 aliphatic carbocycles. The van der Waals surface area contributed by atoms with Gasteiger partial charge in [-0.25, -0.2) is 13.2 Å². The Bertz CT molecular complexity index is 866. The van der Waals surface area contributed by atoms with Gasteiger partial charge in [-0.15, -0.1) is 0 Å². The van der Waals surface area contributed by atoms with Crippen molar-refractivity contribution in [3.05, 3.63) is 48.0 Å². The highest BCUT2D eigenvalue weighted by molar-refractivity contribution is 7.92. The maximum absolute atomic E-state index is 12.0. The number of ether oxygens (including phenoxy) is 2. The first-order valence-corrected chi connectivity index (χ1v) is 9.53. The zero-order chi connectivity index (χ0) is 19.2. The Morgan fingerprint density at radius 1 is 0.962 bits per heavy atom. The van der Waals surface area contributed by atoms with Crippen molar-refractivity contribution in [2.24, 2.45) is 0 Å². The molecule has 0 spiro atoms. The Balaban J connectivity index is 1.91. The van der Waals surface area contributed by atoms with E-state index in [1.54, 1.807) is 50.6 Å². The number of hydrogen-bond donors (Lipinski definition) is 3. The molecule has 0 saturated carbocycles. The second-order valence-electron chi connectivity index (χ2n) is 5.45. The number of anilines is 2. The van der Waals surface area contributed by atoms with Gasteiger partial charge in [-0.1, -0.05) is 6.07 Å². The lowest BCUT2D eigenvalue weighted by Gasteiger charge is -2.11. The summed E-state index contributed by atoms with van der Waals surface area (Å²) < 4.78 is 35.1. The Morgan fingerprint density at radius 2 is 1.58 bits per heavy atom. The average molecular weight is 379 g/mol. The molecule has 2 aromatic carbocycles. The quantitative estimate of drug-likeness (QED) is 0.685. The Morgan fingerprint density at radius 3 is 2.15 bits per heavy atom. The fraction of sp³-hybridized carbons (Fsp3) is 0.235. The second kappa shape index (κ2) is 8.43. The van der Waals surface area contributed by atoms with Crippen molar-refractivity contribution in [2.45, 2.75) is 6.54 Å². The van der Waals surface area contributed by atoms with E-state index in [2.05, 4.69) is 15.4 Å². The summed E-state index contributed by atoms with van der Waals surface area (Å²) in [5.41, 5.74) is 1.81.